The van der Waals surface area contributed by atoms with Gasteiger partial charge in [0.15, 0.2) is 17.2 Å². The fraction of sp³-hybridized carbons (Fsp3) is 0.480. The molecule has 3 aromatic rings. The largest absolute Gasteiger partial charge is 0.487 e. The first kappa shape index (κ1) is 21.8. The van der Waals surface area contributed by atoms with Crippen molar-refractivity contribution < 1.29 is 23.4 Å². The zero-order valence-corrected chi connectivity index (χ0v) is 19.4. The van der Waals surface area contributed by atoms with Gasteiger partial charge in [0.25, 0.3) is 0 Å². The lowest BCUT2D eigenvalue weighted by Gasteiger charge is -2.41. The summed E-state index contributed by atoms with van der Waals surface area (Å²) in [5.41, 5.74) is 1.57. The van der Waals surface area contributed by atoms with Crippen molar-refractivity contribution in [2.24, 2.45) is 0 Å². The number of pyridine rings is 2. The quantitative estimate of drug-likeness (QED) is 0.474. The van der Waals surface area contributed by atoms with Crippen LogP contribution in [0.3, 0.4) is 0 Å². The Hall–Kier alpha value is -3.00. The van der Waals surface area contributed by atoms with Crippen LogP contribution in [-0.4, -0.2) is 45.6 Å². The van der Waals surface area contributed by atoms with Gasteiger partial charge in [0.1, 0.15) is 0 Å². The van der Waals surface area contributed by atoms with E-state index in [1.807, 2.05) is 20.0 Å². The summed E-state index contributed by atoms with van der Waals surface area (Å²) in [5.74, 6) is -0.469. The number of imidazole rings is 1. The van der Waals surface area contributed by atoms with Gasteiger partial charge in [-0.3, -0.25) is 4.79 Å². The van der Waals surface area contributed by atoms with Crippen LogP contribution in [-0.2, 0) is 16.6 Å². The predicted octanol–water partition coefficient (Wildman–Crippen LogP) is 4.30. The van der Waals surface area contributed by atoms with E-state index in [-0.39, 0.29) is 46.6 Å². The number of ether oxygens (including phenoxy) is 3. The maximum Gasteiger partial charge on any atom is 0.224 e. The van der Waals surface area contributed by atoms with E-state index >= 15 is 4.39 Å². The maximum atomic E-state index is 15.7. The second-order valence-corrected chi connectivity index (χ2v) is 9.52. The average Bonchev–Trinajstić information content (AvgIpc) is 3.47. The van der Waals surface area contributed by atoms with Gasteiger partial charge in [0.2, 0.25) is 11.7 Å². The number of nitrogens with zero attached hydrogens (tertiary/aromatic N) is 3. The summed E-state index contributed by atoms with van der Waals surface area (Å²) in [6.07, 6.45) is 7.36. The van der Waals surface area contributed by atoms with E-state index in [0.717, 1.165) is 18.5 Å². The number of carbonyl (C=O) groups is 1. The fourth-order valence-corrected chi connectivity index (χ4v) is 5.10. The lowest BCUT2D eigenvalue weighted by atomic mass is 9.62. The number of ketones is 1. The van der Waals surface area contributed by atoms with Gasteiger partial charge in [0.05, 0.1) is 36.7 Å². The summed E-state index contributed by atoms with van der Waals surface area (Å²) in [4.78, 5) is 21.9. The molecule has 0 aromatic carbocycles. The van der Waals surface area contributed by atoms with Crippen LogP contribution in [0.25, 0.3) is 5.65 Å². The molecular weight excluding hydrogens is 425 g/mol. The maximum absolute atomic E-state index is 15.7. The predicted molar refractivity (Wildman–Crippen MR) is 120 cm³/mol. The van der Waals surface area contributed by atoms with Crippen molar-refractivity contribution in [3.05, 3.63) is 53.4 Å². The molecular formula is C25H28FN3O4. The van der Waals surface area contributed by atoms with Crippen molar-refractivity contribution in [1.29, 1.82) is 0 Å². The first-order valence-corrected chi connectivity index (χ1v) is 11.3. The van der Waals surface area contributed by atoms with Crippen LogP contribution < -0.4 is 9.47 Å². The van der Waals surface area contributed by atoms with Crippen LogP contribution in [0.2, 0.25) is 0 Å². The summed E-state index contributed by atoms with van der Waals surface area (Å²) in [6.45, 7) is 6.54. The van der Waals surface area contributed by atoms with Crippen molar-refractivity contribution in [2.75, 3.05) is 13.7 Å². The van der Waals surface area contributed by atoms with E-state index in [0.29, 0.717) is 24.2 Å². The molecule has 33 heavy (non-hydrogen) atoms. The highest BCUT2D eigenvalue weighted by molar-refractivity contribution is 5.99. The number of hydrogen-bond acceptors (Lipinski definition) is 6. The molecule has 3 fully saturated rings. The van der Waals surface area contributed by atoms with Gasteiger partial charge < -0.3 is 18.6 Å². The molecule has 8 heteroatoms. The summed E-state index contributed by atoms with van der Waals surface area (Å²) in [5, 5.41) is 0. The van der Waals surface area contributed by atoms with Gasteiger partial charge in [-0.25, -0.2) is 9.97 Å². The number of hydrogen-bond donors (Lipinski definition) is 0. The Labute approximate surface area is 191 Å². The van der Waals surface area contributed by atoms with Gasteiger partial charge in [-0.05, 0) is 45.2 Å². The highest BCUT2D eigenvalue weighted by Gasteiger charge is 2.61. The van der Waals surface area contributed by atoms with Crippen LogP contribution in [0.4, 0.5) is 4.39 Å². The molecule has 174 valence electrons. The molecule has 7 nitrogen and oxygen atoms in total. The van der Waals surface area contributed by atoms with Crippen molar-refractivity contribution >= 4 is 11.4 Å². The fourth-order valence-electron chi connectivity index (χ4n) is 5.10. The number of Topliss-reactive ketones (excluding diaryl/α,β-unsaturated/α-hetero) is 1. The standard InChI is InChI=1S/C25H28FN3O4/c1-5-15(2)33-21-16(9-18(30)17-7-6-8-27-23(17)31-4)10-29-11-19(28-22(29)20(21)26)25-12-24(3,13-25)32-14-25/h6-8,10-11,15H,5,9,12-14H2,1-4H3. The average molecular weight is 454 g/mol. The van der Waals surface area contributed by atoms with Crippen LogP contribution in [0, 0.1) is 5.82 Å². The van der Waals surface area contributed by atoms with E-state index in [1.165, 1.54) is 7.11 Å². The molecule has 6 rings (SSSR count). The number of fused-ring (bicyclic) bond motifs is 2. The molecule has 0 amide bonds. The van der Waals surface area contributed by atoms with Crippen molar-refractivity contribution in [3.8, 4) is 11.6 Å². The summed E-state index contributed by atoms with van der Waals surface area (Å²) in [6, 6.07) is 3.33. The molecule has 1 saturated carbocycles. The third kappa shape index (κ3) is 3.57. The van der Waals surface area contributed by atoms with E-state index in [4.69, 9.17) is 14.2 Å². The molecule has 1 unspecified atom stereocenters. The molecule has 1 aliphatic carbocycles. The van der Waals surface area contributed by atoms with E-state index < -0.39 is 5.82 Å². The zero-order chi connectivity index (χ0) is 23.4. The second-order valence-electron chi connectivity index (χ2n) is 9.52. The highest BCUT2D eigenvalue weighted by atomic mass is 19.1. The number of rotatable bonds is 8. The van der Waals surface area contributed by atoms with Crippen LogP contribution in [0.1, 0.15) is 61.6 Å². The Morgan fingerprint density at radius 2 is 2.15 bits per heavy atom. The zero-order valence-electron chi connectivity index (χ0n) is 19.4. The molecule has 2 aliphatic heterocycles. The third-order valence-corrected chi connectivity index (χ3v) is 6.89. The minimum Gasteiger partial charge on any atom is -0.487 e. The molecule has 0 radical (unpaired) electrons. The van der Waals surface area contributed by atoms with Gasteiger partial charge in [-0.1, -0.05) is 6.92 Å². The van der Waals surface area contributed by atoms with Gasteiger partial charge in [-0.15, -0.1) is 0 Å². The molecule has 3 aliphatic rings. The first-order chi connectivity index (χ1) is 15.8. The number of halogens is 1. The van der Waals surface area contributed by atoms with Gasteiger partial charge in [0, 0.05) is 36.0 Å². The number of methoxy groups -OCH3 is 1. The lowest BCUT2D eigenvalue weighted by molar-refractivity contribution is 0.0154. The third-order valence-electron chi connectivity index (χ3n) is 6.89. The summed E-state index contributed by atoms with van der Waals surface area (Å²) < 4.78 is 34.5. The van der Waals surface area contributed by atoms with E-state index in [2.05, 4.69) is 16.9 Å². The van der Waals surface area contributed by atoms with E-state index in [1.54, 1.807) is 28.9 Å². The highest BCUT2D eigenvalue weighted by Crippen LogP contribution is 2.58. The Kier molecular flexibility index (Phi) is 5.16. The molecule has 0 spiro atoms. The number of carbonyl (C=O) groups excluding carboxylic acids is 1. The topological polar surface area (TPSA) is 75.0 Å². The molecule has 0 N–H and O–H groups in total. The summed E-state index contributed by atoms with van der Waals surface area (Å²) >= 11 is 0. The Morgan fingerprint density at radius 3 is 2.82 bits per heavy atom. The van der Waals surface area contributed by atoms with Crippen LogP contribution in [0.15, 0.2) is 30.7 Å². The Balaban J connectivity index is 1.56. The molecule has 3 aromatic heterocycles. The Bertz CT molecular complexity index is 1230. The normalized spacial score (nSPS) is 24.5. The van der Waals surface area contributed by atoms with Gasteiger partial charge in [-0.2, -0.15) is 4.39 Å². The Morgan fingerprint density at radius 1 is 1.36 bits per heavy atom. The van der Waals surface area contributed by atoms with E-state index in [9.17, 15) is 4.79 Å². The molecule has 2 bridgehead atoms. The smallest absolute Gasteiger partial charge is 0.224 e. The molecule has 2 saturated heterocycles. The first-order valence-electron chi connectivity index (χ1n) is 11.3. The van der Waals surface area contributed by atoms with Crippen LogP contribution in [0.5, 0.6) is 11.6 Å². The number of aromatic nitrogens is 3. The monoisotopic (exact) mass is 453 g/mol. The minimum absolute atomic E-state index is 0.0550. The minimum atomic E-state index is -0.553. The van der Waals surface area contributed by atoms with Crippen molar-refractivity contribution in [2.45, 2.75) is 63.6 Å². The van der Waals surface area contributed by atoms with Crippen molar-refractivity contribution in [1.82, 2.24) is 14.4 Å². The van der Waals surface area contributed by atoms with Crippen molar-refractivity contribution in [3.63, 3.8) is 0 Å². The van der Waals surface area contributed by atoms with Gasteiger partial charge >= 0.3 is 0 Å². The molecule has 5 heterocycles. The SMILES string of the molecule is CCC(C)Oc1c(CC(=O)c2cccnc2OC)cn2cc(C34COC(C)(C3)C4)nc2c1F. The summed E-state index contributed by atoms with van der Waals surface area (Å²) in [7, 11) is 1.47. The molecule has 1 atom stereocenters. The second kappa shape index (κ2) is 7.80. The van der Waals surface area contributed by atoms with Crippen LogP contribution >= 0.6 is 0 Å². The lowest BCUT2D eigenvalue weighted by Crippen LogP contribution is -2.45.